The molecule has 1 fully saturated rings. The topological polar surface area (TPSA) is 61.4 Å². The van der Waals surface area contributed by atoms with E-state index >= 15 is 0 Å². The van der Waals surface area contributed by atoms with Crippen LogP contribution in [0.3, 0.4) is 0 Å². The van der Waals surface area contributed by atoms with Gasteiger partial charge in [-0.25, -0.2) is 0 Å². The van der Waals surface area contributed by atoms with Gasteiger partial charge in [0.2, 0.25) is 5.91 Å². The smallest absolute Gasteiger partial charge is 0.233 e. The Hall–Kier alpha value is -0.610. The monoisotopic (exact) mass is 214 g/mol. The minimum absolute atomic E-state index is 0.0525. The maximum atomic E-state index is 11.4. The quantitative estimate of drug-likeness (QED) is 0.594. The van der Waals surface area contributed by atoms with Gasteiger partial charge in [0, 0.05) is 12.6 Å². The molecule has 0 aromatic carbocycles. The normalized spacial score (nSPS) is 26.9. The van der Waals surface area contributed by atoms with Gasteiger partial charge in [-0.15, -0.1) is 0 Å². The van der Waals surface area contributed by atoms with E-state index in [1.54, 1.807) is 0 Å². The van der Waals surface area contributed by atoms with E-state index in [-0.39, 0.29) is 12.0 Å². The van der Waals surface area contributed by atoms with Crippen molar-refractivity contribution in [1.82, 2.24) is 10.6 Å². The first-order valence-electron chi connectivity index (χ1n) is 5.80. The van der Waals surface area contributed by atoms with Crippen LogP contribution in [0.25, 0.3) is 0 Å². The van der Waals surface area contributed by atoms with Crippen molar-refractivity contribution in [1.29, 1.82) is 0 Å². The number of carbonyl (C=O) groups excluding carboxylic acids is 1. The molecule has 0 aromatic heterocycles. The Bertz CT molecular complexity index is 203. The molecule has 1 rings (SSSR count). The average molecular weight is 214 g/mol. The summed E-state index contributed by atoms with van der Waals surface area (Å²) in [5.74, 6) is 0.532. The zero-order chi connectivity index (χ0) is 11.3. The Kier molecular flexibility index (Phi) is 5.05. The minimum Gasteiger partial charge on any atom is -0.393 e. The van der Waals surface area contributed by atoms with Gasteiger partial charge in [0.1, 0.15) is 0 Å². The van der Waals surface area contributed by atoms with Crippen LogP contribution in [0.5, 0.6) is 0 Å². The molecule has 4 nitrogen and oxygen atoms in total. The zero-order valence-corrected chi connectivity index (χ0v) is 9.62. The molecule has 4 heteroatoms. The van der Waals surface area contributed by atoms with Crippen molar-refractivity contribution < 1.29 is 9.90 Å². The van der Waals surface area contributed by atoms with Crippen molar-refractivity contribution in [2.75, 3.05) is 13.1 Å². The van der Waals surface area contributed by atoms with Crippen LogP contribution in [0.1, 0.15) is 33.1 Å². The molecule has 0 radical (unpaired) electrons. The maximum absolute atomic E-state index is 11.4. The van der Waals surface area contributed by atoms with E-state index in [2.05, 4.69) is 24.5 Å². The molecule has 3 N–H and O–H groups in total. The number of nitrogens with one attached hydrogen (secondary N) is 2. The van der Waals surface area contributed by atoms with Gasteiger partial charge in [-0.05, 0) is 32.1 Å². The Balaban J connectivity index is 1.99. The molecule has 0 aromatic rings. The fraction of sp³-hybridized carbons (Fsp3) is 0.909. The molecule has 1 aliphatic rings. The first-order valence-corrected chi connectivity index (χ1v) is 5.80. The van der Waals surface area contributed by atoms with Crippen LogP contribution in [-0.4, -0.2) is 36.2 Å². The van der Waals surface area contributed by atoms with Crippen LogP contribution in [-0.2, 0) is 4.79 Å². The van der Waals surface area contributed by atoms with Gasteiger partial charge in [-0.1, -0.05) is 6.92 Å². The molecular weight excluding hydrogens is 192 g/mol. The predicted octanol–water partition coefficient (Wildman–Crippen LogP) is 0.262. The van der Waals surface area contributed by atoms with Crippen LogP contribution in [0, 0.1) is 5.92 Å². The molecule has 88 valence electrons. The summed E-state index contributed by atoms with van der Waals surface area (Å²) in [6.07, 6.45) is 2.56. The highest BCUT2D eigenvalue weighted by molar-refractivity contribution is 5.78. The van der Waals surface area contributed by atoms with Crippen molar-refractivity contribution in [3.8, 4) is 0 Å². The highest BCUT2D eigenvalue weighted by Crippen LogP contribution is 2.25. The third kappa shape index (κ3) is 4.62. The molecule has 1 atom stereocenters. The summed E-state index contributed by atoms with van der Waals surface area (Å²) in [7, 11) is 0. The molecule has 1 aliphatic carbocycles. The SMILES string of the molecule is CCC(C)NCC(=O)NCC1CC(O)C1. The van der Waals surface area contributed by atoms with E-state index in [1.807, 2.05) is 0 Å². The molecule has 0 aliphatic heterocycles. The van der Waals surface area contributed by atoms with Crippen LogP contribution >= 0.6 is 0 Å². The summed E-state index contributed by atoms with van der Waals surface area (Å²) < 4.78 is 0. The lowest BCUT2D eigenvalue weighted by atomic mass is 9.82. The maximum Gasteiger partial charge on any atom is 0.233 e. The molecule has 0 saturated heterocycles. The number of aliphatic hydroxyl groups excluding tert-OH is 1. The fourth-order valence-electron chi connectivity index (χ4n) is 1.60. The predicted molar refractivity (Wildman–Crippen MR) is 59.5 cm³/mol. The van der Waals surface area contributed by atoms with Crippen LogP contribution in [0.2, 0.25) is 0 Å². The number of amides is 1. The van der Waals surface area contributed by atoms with E-state index in [0.717, 1.165) is 19.3 Å². The largest absolute Gasteiger partial charge is 0.393 e. The van der Waals surface area contributed by atoms with Gasteiger partial charge in [-0.2, -0.15) is 0 Å². The first-order chi connectivity index (χ1) is 7.11. The van der Waals surface area contributed by atoms with Crippen molar-refractivity contribution in [2.45, 2.75) is 45.3 Å². The van der Waals surface area contributed by atoms with E-state index in [0.29, 0.717) is 25.0 Å². The number of aliphatic hydroxyl groups is 1. The Morgan fingerprint density at radius 2 is 2.20 bits per heavy atom. The highest BCUT2D eigenvalue weighted by Gasteiger charge is 2.26. The second-order valence-electron chi connectivity index (χ2n) is 4.49. The fourth-order valence-corrected chi connectivity index (χ4v) is 1.60. The minimum atomic E-state index is -0.134. The Morgan fingerprint density at radius 1 is 1.53 bits per heavy atom. The molecular formula is C11H22N2O2. The number of carbonyl (C=O) groups is 1. The summed E-state index contributed by atoms with van der Waals surface area (Å²) in [5.41, 5.74) is 0. The van der Waals surface area contributed by atoms with Crippen LogP contribution < -0.4 is 10.6 Å². The van der Waals surface area contributed by atoms with Gasteiger partial charge < -0.3 is 15.7 Å². The first kappa shape index (κ1) is 12.5. The van der Waals surface area contributed by atoms with Gasteiger partial charge >= 0.3 is 0 Å². The second-order valence-corrected chi connectivity index (χ2v) is 4.49. The molecule has 1 unspecified atom stereocenters. The summed E-state index contributed by atoms with van der Waals surface area (Å²) in [6, 6.07) is 0.390. The van der Waals surface area contributed by atoms with Gasteiger partial charge in [0.25, 0.3) is 0 Å². The van der Waals surface area contributed by atoms with Crippen molar-refractivity contribution in [2.24, 2.45) is 5.92 Å². The van der Waals surface area contributed by atoms with E-state index in [4.69, 9.17) is 5.11 Å². The van der Waals surface area contributed by atoms with E-state index in [1.165, 1.54) is 0 Å². The van der Waals surface area contributed by atoms with Gasteiger partial charge in [0.15, 0.2) is 0 Å². The highest BCUT2D eigenvalue weighted by atomic mass is 16.3. The van der Waals surface area contributed by atoms with Crippen molar-refractivity contribution in [3.05, 3.63) is 0 Å². The van der Waals surface area contributed by atoms with Crippen molar-refractivity contribution >= 4 is 5.91 Å². The van der Waals surface area contributed by atoms with Gasteiger partial charge in [-0.3, -0.25) is 4.79 Å². The van der Waals surface area contributed by atoms with Gasteiger partial charge in [0.05, 0.1) is 12.6 Å². The Labute approximate surface area is 91.4 Å². The molecule has 1 saturated carbocycles. The third-order valence-electron chi connectivity index (χ3n) is 3.02. The average Bonchev–Trinajstić information content (AvgIpc) is 2.19. The molecule has 0 spiro atoms. The molecule has 0 bridgehead atoms. The lowest BCUT2D eigenvalue weighted by Gasteiger charge is -2.31. The molecule has 1 amide bonds. The van der Waals surface area contributed by atoms with Crippen LogP contribution in [0.15, 0.2) is 0 Å². The second kappa shape index (κ2) is 6.08. The van der Waals surface area contributed by atoms with E-state index in [9.17, 15) is 4.79 Å². The van der Waals surface area contributed by atoms with E-state index < -0.39 is 0 Å². The summed E-state index contributed by atoms with van der Waals surface area (Å²) in [6.45, 7) is 5.25. The lowest BCUT2D eigenvalue weighted by Crippen LogP contribution is -2.42. The van der Waals surface area contributed by atoms with Crippen LogP contribution in [0.4, 0.5) is 0 Å². The van der Waals surface area contributed by atoms with Crippen molar-refractivity contribution in [3.63, 3.8) is 0 Å². The number of hydrogen-bond acceptors (Lipinski definition) is 3. The molecule has 0 heterocycles. The number of rotatable bonds is 6. The zero-order valence-electron chi connectivity index (χ0n) is 9.62. The molecule has 15 heavy (non-hydrogen) atoms. The third-order valence-corrected chi connectivity index (χ3v) is 3.02. The summed E-state index contributed by atoms with van der Waals surface area (Å²) in [4.78, 5) is 11.4. The Morgan fingerprint density at radius 3 is 2.73 bits per heavy atom. The number of hydrogen-bond donors (Lipinski definition) is 3. The summed E-state index contributed by atoms with van der Waals surface area (Å²) >= 11 is 0. The summed E-state index contributed by atoms with van der Waals surface area (Å²) in [5, 5.41) is 15.1. The lowest BCUT2D eigenvalue weighted by molar-refractivity contribution is -0.121. The standard InChI is InChI=1S/C11H22N2O2/c1-3-8(2)12-7-11(15)13-6-9-4-10(14)5-9/h8-10,12,14H,3-7H2,1-2H3,(H,13,15).